The summed E-state index contributed by atoms with van der Waals surface area (Å²) in [6.45, 7) is 2.39. The topological polar surface area (TPSA) is 158 Å². The Bertz CT molecular complexity index is 2100. The van der Waals surface area contributed by atoms with Gasteiger partial charge in [-0.1, -0.05) is 57.0 Å². The third-order valence-electron chi connectivity index (χ3n) is 14.4. The normalized spacial score (nSPS) is 31.4. The van der Waals surface area contributed by atoms with E-state index < -0.39 is 44.7 Å². The van der Waals surface area contributed by atoms with Crippen molar-refractivity contribution in [1.82, 2.24) is 14.2 Å². The number of amides is 2. The SMILES string of the molecule is CC[C@@H]1C[C@]1(CC(=O)[C@@H]1C[C@@H]2CN1C(=O)[C@H](C1CCCCC1)CC(=O)O[C@@H]1CCC[C@H]1CCCCCn1c(cc3cc(Cl)ccc3c1=O)O2)C(=O)NS(=O)(=O)C1CC1. The van der Waals surface area contributed by atoms with Crippen molar-refractivity contribution in [3.63, 3.8) is 0 Å². The number of hydrogen-bond donors (Lipinski definition) is 1. The quantitative estimate of drug-likeness (QED) is 0.281. The molecule has 1 saturated heterocycles. The molecule has 2 aliphatic heterocycles. The Morgan fingerprint density at radius 2 is 1.62 bits per heavy atom. The molecule has 2 amide bonds. The van der Waals surface area contributed by atoms with Crippen LogP contribution in [0.4, 0.5) is 0 Å². The lowest BCUT2D eigenvalue weighted by Crippen LogP contribution is -2.48. The number of carbonyl (C=O) groups is 4. The summed E-state index contributed by atoms with van der Waals surface area (Å²) in [5.74, 6) is -1.97. The first-order valence-electron chi connectivity index (χ1n) is 22.0. The Morgan fingerprint density at radius 3 is 2.34 bits per heavy atom. The Labute approximate surface area is 346 Å². The molecule has 14 heteroatoms. The first-order chi connectivity index (χ1) is 27.9. The molecule has 4 aliphatic carbocycles. The fraction of sp³-hybridized carbons (Fsp3) is 0.705. The van der Waals surface area contributed by atoms with Crippen LogP contribution < -0.4 is 15.0 Å². The Morgan fingerprint density at radius 1 is 0.897 bits per heavy atom. The van der Waals surface area contributed by atoms with Crippen molar-refractivity contribution in [1.29, 1.82) is 0 Å². The average Bonchev–Trinajstić information content (AvgIpc) is 4.09. The van der Waals surface area contributed by atoms with Crippen LogP contribution in [0.5, 0.6) is 5.88 Å². The molecule has 0 spiro atoms. The number of halogens is 1. The van der Waals surface area contributed by atoms with Gasteiger partial charge in [0, 0.05) is 35.9 Å². The van der Waals surface area contributed by atoms with Gasteiger partial charge in [0.2, 0.25) is 21.8 Å². The monoisotopic (exact) mass is 839 g/mol. The third-order valence-corrected chi connectivity index (χ3v) is 16.4. The molecule has 7 atom stereocenters. The zero-order chi connectivity index (χ0) is 40.8. The van der Waals surface area contributed by atoms with E-state index in [1.165, 1.54) is 0 Å². The smallest absolute Gasteiger partial charge is 0.306 e. The van der Waals surface area contributed by atoms with Gasteiger partial charge in [-0.05, 0) is 106 Å². The number of pyridine rings is 1. The summed E-state index contributed by atoms with van der Waals surface area (Å²) in [7, 11) is -3.84. The van der Waals surface area contributed by atoms with Crippen LogP contribution >= 0.6 is 11.6 Å². The zero-order valence-corrected chi connectivity index (χ0v) is 35.2. The summed E-state index contributed by atoms with van der Waals surface area (Å²) >= 11 is 6.37. The number of fused-ring (bicyclic) bond motifs is 5. The first kappa shape index (κ1) is 41.3. The molecule has 4 saturated carbocycles. The number of esters is 1. The fourth-order valence-electron chi connectivity index (χ4n) is 10.8. The van der Waals surface area contributed by atoms with Crippen molar-refractivity contribution in [2.45, 2.75) is 159 Å². The van der Waals surface area contributed by atoms with Crippen LogP contribution in [0.1, 0.15) is 129 Å². The highest BCUT2D eigenvalue weighted by Gasteiger charge is 2.62. The molecule has 2 aromatic rings. The minimum absolute atomic E-state index is 0.0481. The molecule has 0 radical (unpaired) electrons. The van der Waals surface area contributed by atoms with E-state index in [0.29, 0.717) is 53.9 Å². The lowest BCUT2D eigenvalue weighted by atomic mass is 9.77. The second-order valence-electron chi connectivity index (χ2n) is 18.2. The van der Waals surface area contributed by atoms with Gasteiger partial charge < -0.3 is 14.4 Å². The Hall–Kier alpha value is -3.45. The van der Waals surface area contributed by atoms with Gasteiger partial charge in [0.1, 0.15) is 12.2 Å². The van der Waals surface area contributed by atoms with Crippen LogP contribution in [0.15, 0.2) is 29.1 Å². The van der Waals surface area contributed by atoms with E-state index in [4.69, 9.17) is 21.1 Å². The number of hydrogen-bond acceptors (Lipinski definition) is 9. The fourth-order valence-corrected chi connectivity index (χ4v) is 12.3. The highest BCUT2D eigenvalue weighted by Crippen LogP contribution is 2.58. The van der Waals surface area contributed by atoms with E-state index in [2.05, 4.69) is 4.72 Å². The Balaban J connectivity index is 1.14. The molecule has 316 valence electrons. The summed E-state index contributed by atoms with van der Waals surface area (Å²) in [5, 5.41) is 1.03. The summed E-state index contributed by atoms with van der Waals surface area (Å²) in [6, 6.07) is 5.98. The van der Waals surface area contributed by atoms with E-state index in [0.717, 1.165) is 77.0 Å². The number of nitrogens with one attached hydrogen (secondary N) is 1. The minimum Gasteiger partial charge on any atom is -0.473 e. The maximum atomic E-state index is 15.1. The van der Waals surface area contributed by atoms with Gasteiger partial charge in [0.25, 0.3) is 5.56 Å². The number of benzene rings is 1. The highest BCUT2D eigenvalue weighted by molar-refractivity contribution is 7.90. The van der Waals surface area contributed by atoms with E-state index >= 15 is 4.79 Å². The molecular formula is C44H58ClN3O9S. The maximum absolute atomic E-state index is 15.1. The van der Waals surface area contributed by atoms with Crippen LogP contribution in [-0.2, 0) is 40.5 Å². The molecule has 2 bridgehead atoms. The lowest BCUT2D eigenvalue weighted by Gasteiger charge is -2.34. The van der Waals surface area contributed by atoms with Crippen LogP contribution in [0.3, 0.4) is 0 Å². The van der Waals surface area contributed by atoms with Crippen molar-refractivity contribution in [2.75, 3.05) is 6.54 Å². The molecule has 12 nitrogen and oxygen atoms in total. The predicted molar refractivity (Wildman–Crippen MR) is 219 cm³/mol. The largest absolute Gasteiger partial charge is 0.473 e. The summed E-state index contributed by atoms with van der Waals surface area (Å²) in [5.41, 5.74) is -1.39. The standard InChI is InChI=1S/C44H58ClN3O9S/c1-2-30-24-44(30,43(53)46-58(54,55)33-16-17-33)25-37(49)36-22-32-26-48(36)42(52)35(27-10-5-3-6-11-27)23-40(50)57-38-14-9-13-28(38)12-7-4-8-19-47-39(56-32)21-29-20-31(45)15-18-34(29)41(47)51/h15,18,20-21,27-28,30,32-33,35-36,38H,2-14,16-17,19,22-26H2,1H3,(H,46,53)/t28-,30-,32-,35+,36+,38-,44-/m1/s1. The van der Waals surface area contributed by atoms with E-state index in [-0.39, 0.29) is 72.9 Å². The second-order valence-corrected chi connectivity index (χ2v) is 20.6. The maximum Gasteiger partial charge on any atom is 0.306 e. The molecule has 1 N–H and O–H groups in total. The molecule has 1 aromatic carbocycles. The van der Waals surface area contributed by atoms with Gasteiger partial charge in [0.05, 0.1) is 35.6 Å². The highest BCUT2D eigenvalue weighted by atomic mass is 35.5. The van der Waals surface area contributed by atoms with E-state index in [9.17, 15) is 27.6 Å². The summed E-state index contributed by atoms with van der Waals surface area (Å²) in [4.78, 5) is 73.0. The van der Waals surface area contributed by atoms with Crippen LogP contribution in [-0.4, -0.2) is 71.5 Å². The third kappa shape index (κ3) is 8.58. The van der Waals surface area contributed by atoms with Crippen molar-refractivity contribution in [3.8, 4) is 5.88 Å². The predicted octanol–water partition coefficient (Wildman–Crippen LogP) is 6.86. The molecule has 3 heterocycles. The van der Waals surface area contributed by atoms with Crippen molar-refractivity contribution < 1.29 is 37.1 Å². The number of ketones is 1. The molecule has 0 unspecified atom stereocenters. The summed E-state index contributed by atoms with van der Waals surface area (Å²) < 4.78 is 42.6. The zero-order valence-electron chi connectivity index (χ0n) is 33.6. The number of aromatic nitrogens is 1. The number of nitrogens with zero attached hydrogens (tertiary/aromatic N) is 2. The van der Waals surface area contributed by atoms with Crippen molar-refractivity contribution >= 4 is 56.0 Å². The van der Waals surface area contributed by atoms with Gasteiger partial charge in [-0.25, -0.2) is 8.42 Å². The second kappa shape index (κ2) is 16.9. The molecule has 58 heavy (non-hydrogen) atoms. The molecule has 8 rings (SSSR count). The molecule has 1 aromatic heterocycles. The number of carbonyl (C=O) groups excluding carboxylic acids is 4. The summed E-state index contributed by atoms with van der Waals surface area (Å²) in [6.07, 6.45) is 11.7. The van der Waals surface area contributed by atoms with Crippen LogP contribution in [0.2, 0.25) is 5.02 Å². The van der Waals surface area contributed by atoms with Gasteiger partial charge >= 0.3 is 5.97 Å². The first-order valence-corrected chi connectivity index (χ1v) is 23.9. The molecule has 5 fully saturated rings. The van der Waals surface area contributed by atoms with Crippen LogP contribution in [0, 0.1) is 29.1 Å². The van der Waals surface area contributed by atoms with Gasteiger partial charge in [0.15, 0.2) is 11.7 Å². The Kier molecular flexibility index (Phi) is 12.0. The van der Waals surface area contributed by atoms with Gasteiger partial charge in [-0.3, -0.25) is 33.3 Å². The van der Waals surface area contributed by atoms with E-state index in [1.807, 2.05) is 13.0 Å². The number of Topliss-reactive ketones (excluding diaryl/α,β-unsaturated/α-hetero) is 1. The average molecular weight is 840 g/mol. The minimum atomic E-state index is -3.84. The molecule has 6 aliphatic rings. The lowest BCUT2D eigenvalue weighted by molar-refractivity contribution is -0.157. The van der Waals surface area contributed by atoms with Gasteiger partial charge in [-0.2, -0.15) is 0 Å². The number of rotatable bonds is 8. The van der Waals surface area contributed by atoms with Gasteiger partial charge in [-0.15, -0.1) is 0 Å². The van der Waals surface area contributed by atoms with E-state index in [1.54, 1.807) is 27.7 Å². The van der Waals surface area contributed by atoms with Crippen LogP contribution in [0.25, 0.3) is 10.8 Å². The molecular weight excluding hydrogens is 782 g/mol. The number of sulfonamides is 1. The number of ether oxygens (including phenoxy) is 2. The van der Waals surface area contributed by atoms with Crippen molar-refractivity contribution in [3.05, 3.63) is 39.6 Å². The van der Waals surface area contributed by atoms with Crippen molar-refractivity contribution in [2.24, 2.45) is 29.1 Å².